The summed E-state index contributed by atoms with van der Waals surface area (Å²) in [6, 6.07) is 7.29. The normalized spacial score (nSPS) is 29.0. The molecule has 1 aliphatic heterocycles. The van der Waals surface area contributed by atoms with Gasteiger partial charge in [-0.3, -0.25) is 4.79 Å². The molecule has 2 aliphatic rings. The fourth-order valence-corrected chi connectivity index (χ4v) is 3.82. The Hall–Kier alpha value is -1.92. The van der Waals surface area contributed by atoms with E-state index in [9.17, 15) is 9.90 Å². The number of carbonyl (C=O) groups is 1. The average Bonchev–Trinajstić information content (AvgIpc) is 3.07. The van der Waals surface area contributed by atoms with Crippen LogP contribution < -0.4 is 0 Å². The summed E-state index contributed by atoms with van der Waals surface area (Å²) < 4.78 is 5.22. The summed E-state index contributed by atoms with van der Waals surface area (Å²) in [6.07, 6.45) is 0.644. The zero-order valence-corrected chi connectivity index (χ0v) is 14.0. The number of nitrogens with zero attached hydrogens (tertiary/aromatic N) is 3. The number of aromatic nitrogens is 2. The standard InChI is InChI=1S/C17H18ClN3O3/c1-9-19-16(24-20-9)15-6-10(22)8-21(15)17(23)13-7-12(13)11-4-2-3-5-14(11)18/h2-5,10,12-13,15,22H,6-8H2,1H3/t10-,12-,13+,15+/m0/s1. The summed E-state index contributed by atoms with van der Waals surface area (Å²) in [7, 11) is 0. The number of benzene rings is 1. The lowest BCUT2D eigenvalue weighted by Crippen LogP contribution is -2.33. The monoisotopic (exact) mass is 347 g/mol. The third-order valence-corrected chi connectivity index (χ3v) is 5.15. The molecule has 7 heteroatoms. The zero-order valence-electron chi connectivity index (χ0n) is 13.2. The van der Waals surface area contributed by atoms with Gasteiger partial charge in [-0.25, -0.2) is 0 Å². The Morgan fingerprint density at radius 1 is 1.38 bits per heavy atom. The second-order valence-corrected chi connectivity index (χ2v) is 6.95. The first-order valence-corrected chi connectivity index (χ1v) is 8.45. The highest BCUT2D eigenvalue weighted by Crippen LogP contribution is 2.51. The van der Waals surface area contributed by atoms with Crippen LogP contribution >= 0.6 is 11.6 Å². The van der Waals surface area contributed by atoms with Gasteiger partial charge in [0.05, 0.1) is 6.10 Å². The van der Waals surface area contributed by atoms with Crippen LogP contribution in [-0.2, 0) is 4.79 Å². The molecule has 24 heavy (non-hydrogen) atoms. The molecule has 4 rings (SSSR count). The second kappa shape index (κ2) is 5.86. The number of β-amino-alcohol motifs (C(OH)–C–C–N with tert-alkyl or cyclic N) is 1. The van der Waals surface area contributed by atoms with Crippen LogP contribution in [0, 0.1) is 12.8 Å². The van der Waals surface area contributed by atoms with E-state index < -0.39 is 6.10 Å². The third kappa shape index (κ3) is 2.70. The molecular weight excluding hydrogens is 330 g/mol. The lowest BCUT2D eigenvalue weighted by Gasteiger charge is -2.21. The van der Waals surface area contributed by atoms with Crippen molar-refractivity contribution >= 4 is 17.5 Å². The molecule has 1 aromatic heterocycles. The molecular formula is C17H18ClN3O3. The molecule has 0 spiro atoms. The van der Waals surface area contributed by atoms with Crippen molar-refractivity contribution in [2.75, 3.05) is 6.54 Å². The maximum atomic E-state index is 12.9. The predicted octanol–water partition coefficient (Wildman–Crippen LogP) is 2.47. The van der Waals surface area contributed by atoms with Crippen LogP contribution in [0.5, 0.6) is 0 Å². The summed E-state index contributed by atoms with van der Waals surface area (Å²) in [4.78, 5) is 18.8. The highest BCUT2D eigenvalue weighted by atomic mass is 35.5. The van der Waals surface area contributed by atoms with Gasteiger partial charge in [-0.15, -0.1) is 0 Å². The molecule has 2 fully saturated rings. The van der Waals surface area contributed by atoms with Gasteiger partial charge in [-0.2, -0.15) is 4.98 Å². The van der Waals surface area contributed by atoms with Crippen LogP contribution in [0.4, 0.5) is 0 Å². The van der Waals surface area contributed by atoms with E-state index in [1.165, 1.54) is 0 Å². The van der Waals surface area contributed by atoms with E-state index in [0.29, 0.717) is 29.7 Å². The SMILES string of the molecule is Cc1noc([C@H]2C[C@H](O)CN2C(=O)[C@@H]2C[C@H]2c2ccccc2Cl)n1. The largest absolute Gasteiger partial charge is 0.391 e. The van der Waals surface area contributed by atoms with Crippen molar-refractivity contribution in [3.8, 4) is 0 Å². The van der Waals surface area contributed by atoms with E-state index in [4.69, 9.17) is 16.1 Å². The first kappa shape index (κ1) is 15.6. The van der Waals surface area contributed by atoms with Crippen molar-refractivity contribution in [1.29, 1.82) is 0 Å². The predicted molar refractivity (Wildman–Crippen MR) is 86.4 cm³/mol. The highest BCUT2D eigenvalue weighted by molar-refractivity contribution is 6.31. The minimum Gasteiger partial charge on any atom is -0.391 e. The molecule has 126 valence electrons. The van der Waals surface area contributed by atoms with Crippen LogP contribution in [0.2, 0.25) is 5.02 Å². The molecule has 1 N–H and O–H groups in total. The number of aliphatic hydroxyl groups excluding tert-OH is 1. The first-order chi connectivity index (χ1) is 11.5. The lowest BCUT2D eigenvalue weighted by atomic mass is 10.1. The molecule has 1 amide bonds. The van der Waals surface area contributed by atoms with Gasteiger partial charge in [0.15, 0.2) is 5.82 Å². The molecule has 1 aliphatic carbocycles. The highest BCUT2D eigenvalue weighted by Gasteiger charge is 2.50. The molecule has 4 atom stereocenters. The van der Waals surface area contributed by atoms with E-state index in [-0.39, 0.29) is 23.8 Å². The second-order valence-electron chi connectivity index (χ2n) is 6.55. The third-order valence-electron chi connectivity index (χ3n) is 4.80. The minimum atomic E-state index is -0.566. The molecule has 1 saturated heterocycles. The number of hydrogen-bond donors (Lipinski definition) is 1. The average molecular weight is 348 g/mol. The number of aryl methyl sites for hydroxylation is 1. The fraction of sp³-hybridized carbons (Fsp3) is 0.471. The van der Waals surface area contributed by atoms with Crippen molar-refractivity contribution in [3.05, 3.63) is 46.6 Å². The maximum absolute atomic E-state index is 12.9. The molecule has 1 aromatic carbocycles. The maximum Gasteiger partial charge on any atom is 0.249 e. The minimum absolute atomic E-state index is 0.0253. The molecule has 6 nitrogen and oxygen atoms in total. The van der Waals surface area contributed by atoms with E-state index in [1.807, 2.05) is 24.3 Å². The zero-order chi connectivity index (χ0) is 16.8. The van der Waals surface area contributed by atoms with Crippen molar-refractivity contribution in [2.45, 2.75) is 37.8 Å². The quantitative estimate of drug-likeness (QED) is 0.922. The smallest absolute Gasteiger partial charge is 0.249 e. The van der Waals surface area contributed by atoms with E-state index >= 15 is 0 Å². The van der Waals surface area contributed by atoms with Gasteiger partial charge in [0.2, 0.25) is 11.8 Å². The Morgan fingerprint density at radius 2 is 2.17 bits per heavy atom. The van der Waals surface area contributed by atoms with E-state index in [1.54, 1.807) is 11.8 Å². The molecule has 1 saturated carbocycles. The van der Waals surface area contributed by atoms with Crippen molar-refractivity contribution in [1.82, 2.24) is 15.0 Å². The topological polar surface area (TPSA) is 79.5 Å². The van der Waals surface area contributed by atoms with Gasteiger partial charge < -0.3 is 14.5 Å². The Balaban J connectivity index is 1.53. The Morgan fingerprint density at radius 3 is 2.88 bits per heavy atom. The number of aliphatic hydroxyl groups is 1. The summed E-state index contributed by atoms with van der Waals surface area (Å²) in [6.45, 7) is 2.04. The Bertz CT molecular complexity index is 778. The Kier molecular flexibility index (Phi) is 3.81. The van der Waals surface area contributed by atoms with Gasteiger partial charge in [0.1, 0.15) is 6.04 Å². The summed E-state index contributed by atoms with van der Waals surface area (Å²) in [5.74, 6) is 1.000. The van der Waals surface area contributed by atoms with Crippen molar-refractivity contribution < 1.29 is 14.4 Å². The van der Waals surface area contributed by atoms with Crippen LogP contribution in [0.3, 0.4) is 0 Å². The molecule has 2 heterocycles. The number of carbonyl (C=O) groups excluding carboxylic acids is 1. The van der Waals surface area contributed by atoms with Crippen LogP contribution in [0.1, 0.15) is 42.1 Å². The van der Waals surface area contributed by atoms with Crippen LogP contribution in [0.15, 0.2) is 28.8 Å². The Labute approximate surface area is 144 Å². The van der Waals surface area contributed by atoms with Gasteiger partial charge in [-0.05, 0) is 30.9 Å². The summed E-state index contributed by atoms with van der Waals surface area (Å²) >= 11 is 6.24. The van der Waals surface area contributed by atoms with Crippen molar-refractivity contribution in [3.63, 3.8) is 0 Å². The number of likely N-dealkylation sites (tertiary alicyclic amines) is 1. The summed E-state index contributed by atoms with van der Waals surface area (Å²) in [5.41, 5.74) is 1.02. The lowest BCUT2D eigenvalue weighted by molar-refractivity contribution is -0.134. The molecule has 0 bridgehead atoms. The van der Waals surface area contributed by atoms with E-state index in [0.717, 1.165) is 12.0 Å². The first-order valence-electron chi connectivity index (χ1n) is 8.07. The van der Waals surface area contributed by atoms with Crippen LogP contribution in [-0.4, -0.2) is 38.7 Å². The summed E-state index contributed by atoms with van der Waals surface area (Å²) in [5, 5.41) is 14.5. The molecule has 0 radical (unpaired) electrons. The van der Waals surface area contributed by atoms with Gasteiger partial charge in [0, 0.05) is 23.9 Å². The molecule has 2 aromatic rings. The number of hydrogen-bond acceptors (Lipinski definition) is 5. The van der Waals surface area contributed by atoms with Gasteiger partial charge >= 0.3 is 0 Å². The van der Waals surface area contributed by atoms with Gasteiger partial charge in [0.25, 0.3) is 0 Å². The van der Waals surface area contributed by atoms with Gasteiger partial charge in [-0.1, -0.05) is 35.0 Å². The number of amides is 1. The molecule has 0 unspecified atom stereocenters. The van der Waals surface area contributed by atoms with E-state index in [2.05, 4.69) is 10.1 Å². The van der Waals surface area contributed by atoms with Crippen LogP contribution in [0.25, 0.3) is 0 Å². The number of rotatable bonds is 3. The fourth-order valence-electron chi connectivity index (χ4n) is 3.54. The number of halogens is 1. The van der Waals surface area contributed by atoms with Crippen molar-refractivity contribution in [2.24, 2.45) is 5.92 Å².